The minimum absolute atomic E-state index is 0.0730. The molecule has 6 rings (SSSR count). The number of nitrogens with one attached hydrogen (secondary N) is 5. The van der Waals surface area contributed by atoms with Crippen molar-refractivity contribution in [1.29, 1.82) is 0 Å². The van der Waals surface area contributed by atoms with Crippen molar-refractivity contribution in [2.75, 3.05) is 37.3 Å². The van der Waals surface area contributed by atoms with Gasteiger partial charge in [0.1, 0.15) is 5.82 Å². The average molecular weight is 752 g/mol. The number of ether oxygens (including phenoxy) is 1. The van der Waals surface area contributed by atoms with Crippen molar-refractivity contribution >= 4 is 52.3 Å². The van der Waals surface area contributed by atoms with Gasteiger partial charge in [0.25, 0.3) is 5.91 Å². The van der Waals surface area contributed by atoms with Crippen molar-refractivity contribution in [1.82, 2.24) is 31.2 Å². The fourth-order valence-electron chi connectivity index (χ4n) is 6.91. The molecule has 0 radical (unpaired) electrons. The fourth-order valence-corrected chi connectivity index (χ4v) is 8.45. The van der Waals surface area contributed by atoms with Gasteiger partial charge in [-0.05, 0) is 61.8 Å². The molecule has 2 fully saturated rings. The number of carbonyl (C=O) groups excluding carboxylic acids is 4. The summed E-state index contributed by atoms with van der Waals surface area (Å²) in [7, 11) is 0. The van der Waals surface area contributed by atoms with Crippen LogP contribution in [0.5, 0.6) is 0 Å². The van der Waals surface area contributed by atoms with Crippen molar-refractivity contribution in [3.63, 3.8) is 0 Å². The molecule has 0 aliphatic carbocycles. The summed E-state index contributed by atoms with van der Waals surface area (Å²) >= 11 is 1.89. The molecule has 0 spiro atoms. The Morgan fingerprint density at radius 3 is 2.28 bits per heavy atom. The van der Waals surface area contributed by atoms with Gasteiger partial charge >= 0.3 is 12.0 Å². The van der Waals surface area contributed by atoms with Crippen LogP contribution in [0.1, 0.15) is 79.0 Å². The smallest absolute Gasteiger partial charge is 0.315 e. The molecular weight excluding hydrogens is 703 g/mol. The molecule has 4 amide bonds. The first-order chi connectivity index (χ1) is 26.5. The summed E-state index contributed by atoms with van der Waals surface area (Å²) in [5.74, 6) is 0.557. The third-order valence-corrected chi connectivity index (χ3v) is 11.2. The molecule has 3 atom stereocenters. The average Bonchev–Trinajstić information content (AvgIpc) is 3.75. The van der Waals surface area contributed by atoms with Crippen LogP contribution in [0, 0.1) is 0 Å². The van der Waals surface area contributed by atoms with E-state index in [2.05, 4.69) is 36.6 Å². The second-order valence-electron chi connectivity index (χ2n) is 13.6. The van der Waals surface area contributed by atoms with E-state index in [1.165, 1.54) is 0 Å². The Hall–Kier alpha value is -5.17. The molecule has 54 heavy (non-hydrogen) atoms. The molecule has 0 saturated carbocycles. The van der Waals surface area contributed by atoms with Crippen LogP contribution in [0.3, 0.4) is 0 Å². The van der Waals surface area contributed by atoms with Gasteiger partial charge in [-0.2, -0.15) is 11.8 Å². The van der Waals surface area contributed by atoms with E-state index in [0.29, 0.717) is 55.7 Å². The molecule has 2 aliphatic heterocycles. The van der Waals surface area contributed by atoms with Gasteiger partial charge in [-0.3, -0.25) is 14.4 Å². The third kappa shape index (κ3) is 10.7. The zero-order chi connectivity index (χ0) is 37.5. The van der Waals surface area contributed by atoms with E-state index in [4.69, 9.17) is 4.74 Å². The fraction of sp³-hybridized carbons (Fsp3) is 0.415. The Morgan fingerprint density at radius 2 is 1.50 bits per heavy atom. The molecule has 13 heteroatoms. The molecule has 2 aliphatic rings. The molecule has 12 nitrogen and oxygen atoms in total. The Labute approximate surface area is 320 Å². The quantitative estimate of drug-likeness (QED) is 0.0443. The number of benzene rings is 3. The minimum atomic E-state index is -0.421. The molecular formula is C41H49N7O5S. The van der Waals surface area contributed by atoms with E-state index in [0.717, 1.165) is 60.8 Å². The number of fused-ring (bicyclic) bond motifs is 2. The summed E-state index contributed by atoms with van der Waals surface area (Å²) in [5, 5.41) is 16.5. The Kier molecular flexibility index (Phi) is 14.1. The van der Waals surface area contributed by atoms with Crippen molar-refractivity contribution in [2.24, 2.45) is 0 Å². The van der Waals surface area contributed by atoms with Gasteiger partial charge in [-0.25, -0.2) is 14.8 Å². The second-order valence-corrected chi connectivity index (χ2v) is 14.9. The maximum absolute atomic E-state index is 13.3. The van der Waals surface area contributed by atoms with E-state index >= 15 is 0 Å². The van der Waals surface area contributed by atoms with Gasteiger partial charge < -0.3 is 31.3 Å². The number of aromatic nitrogens is 2. The number of hydrogen-bond acceptors (Lipinski definition) is 9. The number of para-hydroxylation sites is 1. The van der Waals surface area contributed by atoms with Gasteiger partial charge in [0.15, 0.2) is 0 Å². The molecule has 3 heterocycles. The second kappa shape index (κ2) is 19.8. The predicted molar refractivity (Wildman–Crippen MR) is 211 cm³/mol. The number of unbranched alkanes of at least 4 members (excludes halogenated alkanes) is 3. The van der Waals surface area contributed by atoms with E-state index in [-0.39, 0.29) is 41.7 Å². The number of anilines is 1. The van der Waals surface area contributed by atoms with Crippen LogP contribution < -0.4 is 26.6 Å². The Balaban J connectivity index is 0.873. The summed E-state index contributed by atoms with van der Waals surface area (Å²) in [6, 6.07) is 27.3. The Bertz CT molecular complexity index is 1830. The molecule has 3 aromatic carbocycles. The monoisotopic (exact) mass is 751 g/mol. The number of hydrogen-bond donors (Lipinski definition) is 5. The van der Waals surface area contributed by atoms with Crippen molar-refractivity contribution in [3.05, 3.63) is 102 Å². The number of thioether (sulfide) groups is 1. The maximum atomic E-state index is 13.3. The molecule has 284 valence electrons. The number of rotatable bonds is 20. The lowest BCUT2D eigenvalue weighted by Gasteiger charge is -2.18. The molecule has 0 bridgehead atoms. The lowest BCUT2D eigenvalue weighted by molar-refractivity contribution is -0.143. The number of amides is 4. The molecule has 1 aromatic heterocycles. The molecule has 2 saturated heterocycles. The predicted octanol–water partition coefficient (Wildman–Crippen LogP) is 5.55. The largest absolute Gasteiger partial charge is 0.466 e. The van der Waals surface area contributed by atoms with Gasteiger partial charge in [-0.1, -0.05) is 79.2 Å². The lowest BCUT2D eigenvalue weighted by Crippen LogP contribution is -2.36. The summed E-state index contributed by atoms with van der Waals surface area (Å²) in [4.78, 5) is 59.2. The summed E-state index contributed by atoms with van der Waals surface area (Å²) in [6.07, 6.45) is 6.13. The number of carbonyl (C=O) groups is 4. The van der Waals surface area contributed by atoms with E-state index < -0.39 is 5.92 Å². The van der Waals surface area contributed by atoms with Gasteiger partial charge in [-0.15, -0.1) is 0 Å². The van der Waals surface area contributed by atoms with Gasteiger partial charge in [0.2, 0.25) is 11.7 Å². The van der Waals surface area contributed by atoms with E-state index in [1.807, 2.05) is 96.7 Å². The molecule has 3 unspecified atom stereocenters. The number of nitrogens with zero attached hydrogens (tertiary/aromatic N) is 2. The van der Waals surface area contributed by atoms with Crippen molar-refractivity contribution < 1.29 is 23.9 Å². The van der Waals surface area contributed by atoms with Crippen LogP contribution in [0.25, 0.3) is 10.9 Å². The SMILES string of the molecule is O=C1NC2CSC(CCCCC(=O)OCCCCCNc3nc(C(=O)NCCCNC(=O)C(c4ccccc4)c4ccccc4)nc4ccccc34)C2N1. The van der Waals surface area contributed by atoms with Crippen LogP contribution in [-0.2, 0) is 14.3 Å². The topological polar surface area (TPSA) is 163 Å². The van der Waals surface area contributed by atoms with Crippen molar-refractivity contribution in [3.8, 4) is 0 Å². The van der Waals surface area contributed by atoms with Crippen LogP contribution in [0.4, 0.5) is 10.6 Å². The normalized spacial score (nSPS) is 17.4. The first-order valence-corrected chi connectivity index (χ1v) is 20.0. The first kappa shape index (κ1) is 38.6. The van der Waals surface area contributed by atoms with E-state index in [9.17, 15) is 19.2 Å². The van der Waals surface area contributed by atoms with Gasteiger partial charge in [0, 0.05) is 42.4 Å². The lowest BCUT2D eigenvalue weighted by atomic mass is 9.90. The summed E-state index contributed by atoms with van der Waals surface area (Å²) < 4.78 is 5.45. The number of urea groups is 1. The van der Waals surface area contributed by atoms with Crippen LogP contribution >= 0.6 is 11.8 Å². The van der Waals surface area contributed by atoms with Crippen molar-refractivity contribution in [2.45, 2.75) is 74.6 Å². The highest BCUT2D eigenvalue weighted by Gasteiger charge is 2.42. The highest BCUT2D eigenvalue weighted by Crippen LogP contribution is 2.33. The minimum Gasteiger partial charge on any atom is -0.466 e. The van der Waals surface area contributed by atoms with Crippen LogP contribution in [0.2, 0.25) is 0 Å². The summed E-state index contributed by atoms with van der Waals surface area (Å²) in [6.45, 7) is 1.79. The highest BCUT2D eigenvalue weighted by atomic mass is 32.2. The van der Waals surface area contributed by atoms with Crippen LogP contribution in [0.15, 0.2) is 84.9 Å². The first-order valence-electron chi connectivity index (χ1n) is 19.0. The highest BCUT2D eigenvalue weighted by molar-refractivity contribution is 8.00. The third-order valence-electron chi connectivity index (χ3n) is 9.71. The van der Waals surface area contributed by atoms with Crippen LogP contribution in [-0.4, -0.2) is 83.1 Å². The maximum Gasteiger partial charge on any atom is 0.315 e. The van der Waals surface area contributed by atoms with Gasteiger partial charge in [0.05, 0.1) is 30.1 Å². The number of esters is 1. The Morgan fingerprint density at radius 1 is 0.778 bits per heavy atom. The zero-order valence-corrected chi connectivity index (χ0v) is 31.2. The van der Waals surface area contributed by atoms with E-state index in [1.54, 1.807) is 0 Å². The standard InChI is InChI=1S/C41H49N7O5S/c49-34(22-11-10-21-33-36-32(27-54-33)46-41(52)47-36)53-26-13-3-12-23-42-37-30-19-8-9-20-31(30)45-38(48-37)40(51)44-25-14-24-43-39(50)35(28-15-4-1-5-16-28)29-17-6-2-7-18-29/h1-2,4-9,15-20,32-33,35-36H,3,10-14,21-27H2,(H,43,50)(H,44,51)(H,42,45,48)(H2,46,47,52). The molecule has 4 aromatic rings. The zero-order valence-electron chi connectivity index (χ0n) is 30.4. The molecule has 5 N–H and O–H groups in total. The summed E-state index contributed by atoms with van der Waals surface area (Å²) in [5.41, 5.74) is 2.51.